The molecule has 0 amide bonds. The molecule has 0 aliphatic rings. The summed E-state index contributed by atoms with van der Waals surface area (Å²) in [5.74, 6) is 1.40. The van der Waals surface area contributed by atoms with Crippen LogP contribution in [0.2, 0.25) is 0 Å². The summed E-state index contributed by atoms with van der Waals surface area (Å²) >= 11 is 1.68. The fourth-order valence-electron chi connectivity index (χ4n) is 1.82. The normalized spacial score (nSPS) is 11.6. The third-order valence-electron chi connectivity index (χ3n) is 2.92. The number of hydrogen-bond donors (Lipinski definition) is 1. The lowest BCUT2D eigenvalue weighted by Gasteiger charge is -2.17. The van der Waals surface area contributed by atoms with Crippen LogP contribution < -0.4 is 5.56 Å². The van der Waals surface area contributed by atoms with Crippen molar-refractivity contribution >= 4 is 11.8 Å². The van der Waals surface area contributed by atoms with E-state index in [0.29, 0.717) is 5.75 Å². The van der Waals surface area contributed by atoms with Crippen molar-refractivity contribution in [1.29, 1.82) is 0 Å². The number of aromatic amines is 1. The minimum absolute atomic E-state index is 0.0789. The summed E-state index contributed by atoms with van der Waals surface area (Å²) in [6.07, 6.45) is 0. The Kier molecular flexibility index (Phi) is 4.33. The van der Waals surface area contributed by atoms with Crippen molar-refractivity contribution in [2.24, 2.45) is 0 Å². The van der Waals surface area contributed by atoms with E-state index in [4.69, 9.17) is 0 Å². The molecule has 0 aliphatic heterocycles. The summed E-state index contributed by atoms with van der Waals surface area (Å²) < 4.78 is 0. The molecule has 1 aromatic heterocycles. The lowest BCUT2D eigenvalue weighted by Crippen LogP contribution is -2.20. The van der Waals surface area contributed by atoms with Crippen LogP contribution in [0.5, 0.6) is 0 Å². The Morgan fingerprint density at radius 1 is 1.25 bits per heavy atom. The van der Waals surface area contributed by atoms with Gasteiger partial charge in [-0.25, -0.2) is 4.98 Å². The van der Waals surface area contributed by atoms with Crippen LogP contribution in [0.25, 0.3) is 0 Å². The monoisotopic (exact) mass is 288 g/mol. The third-order valence-corrected chi connectivity index (χ3v) is 3.93. The smallest absolute Gasteiger partial charge is 0.251 e. The van der Waals surface area contributed by atoms with E-state index < -0.39 is 0 Å². The van der Waals surface area contributed by atoms with Crippen LogP contribution in [0.3, 0.4) is 0 Å². The zero-order valence-corrected chi connectivity index (χ0v) is 13.2. The molecule has 2 aromatic rings. The third kappa shape index (κ3) is 3.97. The Bertz CT molecular complexity index is 656. The molecule has 1 aromatic carbocycles. The molecule has 0 atom stereocenters. The zero-order valence-electron chi connectivity index (χ0n) is 12.4. The lowest BCUT2D eigenvalue weighted by molar-refractivity contribution is 0.562. The highest BCUT2D eigenvalue weighted by Crippen LogP contribution is 2.23. The second-order valence-corrected chi connectivity index (χ2v) is 6.98. The number of rotatable bonds is 3. The van der Waals surface area contributed by atoms with Crippen LogP contribution >= 0.6 is 11.8 Å². The minimum Gasteiger partial charge on any atom is -0.310 e. The number of H-pyrrole nitrogens is 1. The van der Waals surface area contributed by atoms with Gasteiger partial charge in [0.2, 0.25) is 0 Å². The second-order valence-electron chi connectivity index (χ2n) is 5.93. The van der Waals surface area contributed by atoms with Crippen molar-refractivity contribution in [3.8, 4) is 0 Å². The summed E-state index contributed by atoms with van der Waals surface area (Å²) in [6, 6.07) is 9.91. The molecule has 0 aliphatic carbocycles. The standard InChI is InChI=1S/C16H20N2OS/c1-11-6-5-7-12(8-11)20-10-14-17-13(16(2,3)4)9-15(19)18-14/h5-9H,10H2,1-4H3,(H,17,18,19). The van der Waals surface area contributed by atoms with Gasteiger partial charge in [0.15, 0.2) is 0 Å². The molecule has 1 N–H and O–H groups in total. The summed E-state index contributed by atoms with van der Waals surface area (Å²) in [6.45, 7) is 8.26. The Morgan fingerprint density at radius 2 is 2.00 bits per heavy atom. The Labute approximate surface area is 123 Å². The largest absolute Gasteiger partial charge is 0.310 e. The molecule has 0 unspecified atom stereocenters. The number of thioether (sulfide) groups is 1. The molecule has 0 radical (unpaired) electrons. The van der Waals surface area contributed by atoms with Crippen LogP contribution in [-0.4, -0.2) is 9.97 Å². The summed E-state index contributed by atoms with van der Waals surface area (Å²) in [7, 11) is 0. The molecule has 106 valence electrons. The molecule has 2 rings (SSSR count). The van der Waals surface area contributed by atoms with E-state index in [-0.39, 0.29) is 11.0 Å². The van der Waals surface area contributed by atoms with Crippen molar-refractivity contribution in [3.05, 3.63) is 57.8 Å². The van der Waals surface area contributed by atoms with E-state index in [1.54, 1.807) is 17.8 Å². The number of aromatic nitrogens is 2. The van der Waals surface area contributed by atoms with Gasteiger partial charge in [0.1, 0.15) is 5.82 Å². The maximum atomic E-state index is 11.7. The van der Waals surface area contributed by atoms with E-state index in [1.807, 2.05) is 6.07 Å². The first-order chi connectivity index (χ1) is 9.34. The van der Waals surface area contributed by atoms with E-state index in [2.05, 4.69) is 55.9 Å². The van der Waals surface area contributed by atoms with Crippen LogP contribution in [0.15, 0.2) is 40.0 Å². The first kappa shape index (κ1) is 14.9. The van der Waals surface area contributed by atoms with Gasteiger partial charge in [0.05, 0.1) is 11.4 Å². The van der Waals surface area contributed by atoms with Crippen molar-refractivity contribution in [2.45, 2.75) is 43.8 Å². The maximum Gasteiger partial charge on any atom is 0.251 e. The van der Waals surface area contributed by atoms with Crippen LogP contribution in [-0.2, 0) is 11.2 Å². The molecule has 1 heterocycles. The van der Waals surface area contributed by atoms with Crippen LogP contribution in [0.1, 0.15) is 37.9 Å². The predicted octanol–water partition coefficient (Wildman–Crippen LogP) is 3.67. The average molecular weight is 288 g/mol. The first-order valence-electron chi connectivity index (χ1n) is 6.65. The van der Waals surface area contributed by atoms with E-state index in [1.165, 1.54) is 10.5 Å². The summed E-state index contributed by atoms with van der Waals surface area (Å²) in [4.78, 5) is 20.3. The van der Waals surface area contributed by atoms with E-state index in [9.17, 15) is 4.79 Å². The fraction of sp³-hybridized carbons (Fsp3) is 0.375. The lowest BCUT2D eigenvalue weighted by atomic mass is 9.92. The van der Waals surface area contributed by atoms with Gasteiger partial charge in [0, 0.05) is 16.4 Å². The van der Waals surface area contributed by atoms with Gasteiger partial charge in [-0.15, -0.1) is 11.8 Å². The molecule has 20 heavy (non-hydrogen) atoms. The van der Waals surface area contributed by atoms with Crippen molar-refractivity contribution < 1.29 is 0 Å². The van der Waals surface area contributed by atoms with Gasteiger partial charge in [0.25, 0.3) is 5.56 Å². The van der Waals surface area contributed by atoms with Crippen molar-refractivity contribution in [3.63, 3.8) is 0 Å². The molecular formula is C16H20N2OS. The molecular weight excluding hydrogens is 268 g/mol. The second kappa shape index (κ2) is 5.83. The summed E-state index contributed by atoms with van der Waals surface area (Å²) in [5.41, 5.74) is 1.88. The molecule has 0 saturated heterocycles. The highest BCUT2D eigenvalue weighted by molar-refractivity contribution is 7.98. The van der Waals surface area contributed by atoms with Crippen LogP contribution in [0, 0.1) is 6.92 Å². The minimum atomic E-state index is -0.114. The van der Waals surface area contributed by atoms with Gasteiger partial charge in [-0.05, 0) is 19.1 Å². The number of hydrogen-bond acceptors (Lipinski definition) is 3. The molecule has 0 fully saturated rings. The Hall–Kier alpha value is -1.55. The number of nitrogens with one attached hydrogen (secondary N) is 1. The summed E-state index contributed by atoms with van der Waals surface area (Å²) in [5, 5.41) is 0. The first-order valence-corrected chi connectivity index (χ1v) is 7.63. The zero-order chi connectivity index (χ0) is 14.8. The van der Waals surface area contributed by atoms with Crippen molar-refractivity contribution in [2.75, 3.05) is 0 Å². The molecule has 0 spiro atoms. The van der Waals surface area contributed by atoms with Gasteiger partial charge in [-0.2, -0.15) is 0 Å². The van der Waals surface area contributed by atoms with Crippen LogP contribution in [0.4, 0.5) is 0 Å². The quantitative estimate of drug-likeness (QED) is 0.877. The fourth-order valence-corrected chi connectivity index (χ4v) is 2.70. The molecule has 3 nitrogen and oxygen atoms in total. The topological polar surface area (TPSA) is 45.8 Å². The molecule has 0 saturated carbocycles. The van der Waals surface area contributed by atoms with Gasteiger partial charge in [-0.3, -0.25) is 4.79 Å². The van der Waals surface area contributed by atoms with Gasteiger partial charge < -0.3 is 4.98 Å². The Balaban J connectivity index is 2.18. The highest BCUT2D eigenvalue weighted by atomic mass is 32.2. The van der Waals surface area contributed by atoms with Crippen molar-refractivity contribution in [1.82, 2.24) is 9.97 Å². The average Bonchev–Trinajstić information content (AvgIpc) is 2.35. The predicted molar refractivity (Wildman–Crippen MR) is 84.3 cm³/mol. The van der Waals surface area contributed by atoms with Gasteiger partial charge >= 0.3 is 0 Å². The van der Waals surface area contributed by atoms with E-state index >= 15 is 0 Å². The molecule has 0 bridgehead atoms. The Morgan fingerprint density at radius 3 is 2.65 bits per heavy atom. The van der Waals surface area contributed by atoms with Gasteiger partial charge in [-0.1, -0.05) is 38.5 Å². The highest BCUT2D eigenvalue weighted by Gasteiger charge is 2.17. The SMILES string of the molecule is Cc1cccc(SCc2nc(C(C)(C)C)cc(=O)[nH]2)c1. The number of nitrogens with zero attached hydrogens (tertiary/aromatic N) is 1. The number of benzene rings is 1. The van der Waals surface area contributed by atoms with E-state index in [0.717, 1.165) is 11.5 Å². The maximum absolute atomic E-state index is 11.7. The number of aryl methyl sites for hydroxylation is 1. The molecule has 4 heteroatoms.